The van der Waals surface area contributed by atoms with Gasteiger partial charge in [0.2, 0.25) is 0 Å². The van der Waals surface area contributed by atoms with E-state index in [2.05, 4.69) is 4.98 Å². The van der Waals surface area contributed by atoms with Crippen LogP contribution in [0.15, 0.2) is 52.3 Å². The Morgan fingerprint density at radius 2 is 1.44 bits per heavy atom. The van der Waals surface area contributed by atoms with Gasteiger partial charge in [-0.3, -0.25) is 0 Å². The van der Waals surface area contributed by atoms with Crippen LogP contribution in [0.2, 0.25) is 0 Å². The molecule has 0 N–H and O–H groups in total. The van der Waals surface area contributed by atoms with Crippen molar-refractivity contribution in [2.45, 2.75) is 38.5 Å². The summed E-state index contributed by atoms with van der Waals surface area (Å²) >= 11 is 1.27. The van der Waals surface area contributed by atoms with E-state index in [-0.39, 0.29) is 28.0 Å². The third-order valence-electron chi connectivity index (χ3n) is 6.08. The normalized spacial score (nSPS) is 18.7. The van der Waals surface area contributed by atoms with Gasteiger partial charge in [0.1, 0.15) is 11.3 Å². The van der Waals surface area contributed by atoms with E-state index in [0.29, 0.717) is 10.4 Å². The predicted molar refractivity (Wildman–Crippen MR) is 120 cm³/mol. The van der Waals surface area contributed by atoms with E-state index in [9.17, 15) is 8.78 Å². The van der Waals surface area contributed by atoms with E-state index < -0.39 is 40.2 Å². The Hall–Kier alpha value is -3.07. The fourth-order valence-electron chi connectivity index (χ4n) is 4.52. The number of fused-ring (bicyclic) bond motifs is 1. The average molecular weight is 493 g/mol. The Morgan fingerprint density at radius 3 is 2.12 bits per heavy atom. The highest BCUT2D eigenvalue weighted by molar-refractivity contribution is 7.13. The second kappa shape index (κ2) is 7.21. The highest BCUT2D eigenvalue weighted by Gasteiger charge is 2.81. The van der Waals surface area contributed by atoms with Crippen LogP contribution in [0, 0.1) is 20.8 Å². The van der Waals surface area contributed by atoms with Gasteiger partial charge in [-0.2, -0.15) is 26.3 Å². The number of nitrogens with zero attached hydrogens (tertiary/aromatic N) is 1. The summed E-state index contributed by atoms with van der Waals surface area (Å²) in [6.45, 7) is 4.37. The number of para-hydroxylation sites is 1. The van der Waals surface area contributed by atoms with Gasteiger partial charge in [-0.05, 0) is 49.4 Å². The van der Waals surface area contributed by atoms with Gasteiger partial charge in [-0.1, -0.05) is 30.3 Å². The summed E-state index contributed by atoms with van der Waals surface area (Å²) in [6, 6.07) is 10.8. The summed E-state index contributed by atoms with van der Waals surface area (Å²) in [5, 5.41) is 1.79. The van der Waals surface area contributed by atoms with E-state index in [1.54, 1.807) is 30.5 Å². The maximum Gasteiger partial charge on any atom is 0.380 e. The SMILES string of the molecule is Cc1cc(C)c(-c2cccs2)nc1C1=C(c2c(C)oc3ccccc23)C(F)(F)C(F)(F)C1(F)F. The van der Waals surface area contributed by atoms with Crippen molar-refractivity contribution in [3.8, 4) is 10.6 Å². The molecule has 1 aliphatic carbocycles. The molecule has 0 fully saturated rings. The standard InChI is InChI=1S/C25H17F6NOS/c1-12-11-13(2)22(32-21(12)17-9-6-10-34-17)20-19(23(26,27)25(30,31)24(20,28)29)18-14(3)33-16-8-5-4-7-15(16)18/h4-11H,1-3H3. The molecule has 0 aliphatic heterocycles. The number of hydrogen-bond acceptors (Lipinski definition) is 3. The Labute approximate surface area is 194 Å². The molecule has 1 aliphatic rings. The molecule has 0 amide bonds. The zero-order valence-electron chi connectivity index (χ0n) is 18.2. The predicted octanol–water partition coefficient (Wildman–Crippen LogP) is 8.31. The van der Waals surface area contributed by atoms with Gasteiger partial charge in [-0.25, -0.2) is 4.98 Å². The minimum atomic E-state index is -5.67. The number of aromatic nitrogens is 1. The molecule has 5 rings (SSSR count). The monoisotopic (exact) mass is 493 g/mol. The van der Waals surface area contributed by atoms with Gasteiger partial charge in [0.15, 0.2) is 0 Å². The molecule has 1 aromatic carbocycles. The summed E-state index contributed by atoms with van der Waals surface area (Å²) < 4.78 is 96.4. The summed E-state index contributed by atoms with van der Waals surface area (Å²) in [5.41, 5.74) is -2.90. The first-order valence-electron chi connectivity index (χ1n) is 10.3. The van der Waals surface area contributed by atoms with Crippen molar-refractivity contribution in [1.82, 2.24) is 4.98 Å². The van der Waals surface area contributed by atoms with Crippen LogP contribution in [0.25, 0.3) is 32.7 Å². The van der Waals surface area contributed by atoms with Gasteiger partial charge in [0.05, 0.1) is 27.4 Å². The van der Waals surface area contributed by atoms with Crippen molar-refractivity contribution in [1.29, 1.82) is 0 Å². The molecule has 3 aromatic heterocycles. The summed E-state index contributed by atoms with van der Waals surface area (Å²) in [6.07, 6.45) is 0. The van der Waals surface area contributed by atoms with Crippen molar-refractivity contribution in [2.75, 3.05) is 0 Å². The maximum atomic E-state index is 15.3. The Bertz CT molecular complexity index is 1470. The van der Waals surface area contributed by atoms with Crippen LogP contribution in [0.4, 0.5) is 26.3 Å². The topological polar surface area (TPSA) is 26.0 Å². The lowest BCUT2D eigenvalue weighted by atomic mass is 9.93. The Morgan fingerprint density at radius 1 is 0.794 bits per heavy atom. The molecule has 0 atom stereocenters. The lowest BCUT2D eigenvalue weighted by Gasteiger charge is -2.26. The fraction of sp³-hybridized carbons (Fsp3) is 0.240. The molecule has 0 unspecified atom stereocenters. The molecular formula is C25H17F6NOS. The Kier molecular flexibility index (Phi) is 4.82. The number of benzene rings is 1. The molecule has 0 saturated heterocycles. The number of furan rings is 1. The molecule has 0 radical (unpaired) electrons. The molecular weight excluding hydrogens is 476 g/mol. The molecule has 0 spiro atoms. The van der Waals surface area contributed by atoms with E-state index >= 15 is 17.6 Å². The molecule has 176 valence electrons. The maximum absolute atomic E-state index is 15.3. The lowest BCUT2D eigenvalue weighted by molar-refractivity contribution is -0.254. The van der Waals surface area contributed by atoms with Gasteiger partial charge in [0, 0.05) is 10.9 Å². The van der Waals surface area contributed by atoms with Crippen LogP contribution in [0.3, 0.4) is 0 Å². The zero-order valence-corrected chi connectivity index (χ0v) is 19.0. The first-order chi connectivity index (χ1) is 15.9. The van der Waals surface area contributed by atoms with Crippen molar-refractivity contribution in [3.63, 3.8) is 0 Å². The average Bonchev–Trinajstić information content (AvgIpc) is 3.41. The second-order valence-corrected chi connectivity index (χ2v) is 9.25. The number of alkyl halides is 6. The van der Waals surface area contributed by atoms with Crippen LogP contribution >= 0.6 is 11.3 Å². The molecule has 3 heterocycles. The van der Waals surface area contributed by atoms with E-state index in [1.807, 2.05) is 0 Å². The van der Waals surface area contributed by atoms with E-state index in [0.717, 1.165) is 0 Å². The van der Waals surface area contributed by atoms with Crippen molar-refractivity contribution >= 4 is 33.5 Å². The number of pyridine rings is 1. The Balaban J connectivity index is 1.93. The smallest absolute Gasteiger partial charge is 0.380 e. The second-order valence-electron chi connectivity index (χ2n) is 8.30. The molecule has 34 heavy (non-hydrogen) atoms. The fourth-order valence-corrected chi connectivity index (χ4v) is 5.30. The quantitative estimate of drug-likeness (QED) is 0.268. The molecule has 2 nitrogen and oxygen atoms in total. The third kappa shape index (κ3) is 2.85. The van der Waals surface area contributed by atoms with Crippen LogP contribution in [0.1, 0.15) is 28.1 Å². The number of rotatable bonds is 3. The molecule has 0 saturated carbocycles. The first-order valence-corrected chi connectivity index (χ1v) is 11.2. The van der Waals surface area contributed by atoms with Crippen molar-refractivity contribution < 1.29 is 30.8 Å². The summed E-state index contributed by atoms with van der Waals surface area (Å²) in [4.78, 5) is 4.87. The summed E-state index contributed by atoms with van der Waals surface area (Å²) in [5.74, 6) is -16.2. The molecule has 9 heteroatoms. The number of halogens is 6. The van der Waals surface area contributed by atoms with Crippen LogP contribution in [0.5, 0.6) is 0 Å². The van der Waals surface area contributed by atoms with Gasteiger partial charge in [-0.15, -0.1) is 11.3 Å². The van der Waals surface area contributed by atoms with E-state index in [1.165, 1.54) is 49.4 Å². The number of hydrogen-bond donors (Lipinski definition) is 0. The van der Waals surface area contributed by atoms with E-state index in [4.69, 9.17) is 4.42 Å². The molecule has 0 bridgehead atoms. The first kappa shape index (κ1) is 22.7. The highest BCUT2D eigenvalue weighted by atomic mass is 32.1. The largest absolute Gasteiger partial charge is 0.461 e. The van der Waals surface area contributed by atoms with Crippen LogP contribution in [-0.4, -0.2) is 22.8 Å². The van der Waals surface area contributed by atoms with Crippen LogP contribution < -0.4 is 0 Å². The number of allylic oxidation sites excluding steroid dienone is 2. The summed E-state index contributed by atoms with van der Waals surface area (Å²) in [7, 11) is 0. The van der Waals surface area contributed by atoms with Gasteiger partial charge in [0.25, 0.3) is 0 Å². The third-order valence-corrected chi connectivity index (χ3v) is 6.96. The van der Waals surface area contributed by atoms with Crippen LogP contribution in [-0.2, 0) is 0 Å². The minimum absolute atomic E-state index is 0.0453. The van der Waals surface area contributed by atoms with Crippen molar-refractivity contribution in [3.05, 3.63) is 76.0 Å². The molecule has 4 aromatic rings. The lowest BCUT2D eigenvalue weighted by Crippen LogP contribution is -2.49. The van der Waals surface area contributed by atoms with Crippen molar-refractivity contribution in [2.24, 2.45) is 0 Å². The zero-order chi connectivity index (χ0) is 24.6. The van der Waals surface area contributed by atoms with Gasteiger partial charge >= 0.3 is 17.8 Å². The number of thiophene rings is 1. The van der Waals surface area contributed by atoms with Gasteiger partial charge < -0.3 is 4.42 Å². The number of aryl methyl sites for hydroxylation is 3. The highest BCUT2D eigenvalue weighted by Crippen LogP contribution is 2.65. The minimum Gasteiger partial charge on any atom is -0.461 e.